The van der Waals surface area contributed by atoms with Crippen molar-refractivity contribution in [3.8, 4) is 0 Å². The monoisotopic (exact) mass is 420 g/mol. The van der Waals surface area contributed by atoms with Crippen LogP contribution in [-0.4, -0.2) is 111 Å². The lowest BCUT2D eigenvalue weighted by molar-refractivity contribution is -0.344. The SMILES string of the molecule is C[C@@H]1OC(O)[C@H](O)[C@H](OS(=O)(=O)O)[C@H]1O[C@@H]1O[C@H](C(=O)O)[C@@H](O)[C@H](O)[C@H]1O. The number of carboxylic acids is 1. The number of carbonyl (C=O) groups is 1. The zero-order valence-electron chi connectivity index (χ0n) is 13.7. The molecule has 14 nitrogen and oxygen atoms in total. The number of rotatable bonds is 5. The van der Waals surface area contributed by atoms with Crippen LogP contribution >= 0.6 is 0 Å². The fourth-order valence-corrected chi connectivity index (χ4v) is 3.27. The summed E-state index contributed by atoms with van der Waals surface area (Å²) in [7, 11) is -5.13. The summed E-state index contributed by atoms with van der Waals surface area (Å²) in [6, 6.07) is 0. The molecule has 0 aromatic carbocycles. The Balaban J connectivity index is 2.26. The average Bonchev–Trinajstić information content (AvgIpc) is 2.54. The predicted molar refractivity (Wildman–Crippen MR) is 78.2 cm³/mol. The molecule has 0 aromatic heterocycles. The maximum Gasteiger partial charge on any atom is 0.397 e. The van der Waals surface area contributed by atoms with E-state index in [1.165, 1.54) is 6.92 Å². The van der Waals surface area contributed by atoms with Crippen molar-refractivity contribution >= 4 is 16.4 Å². The first-order valence-electron chi connectivity index (χ1n) is 7.58. The van der Waals surface area contributed by atoms with Gasteiger partial charge in [0.2, 0.25) is 0 Å². The van der Waals surface area contributed by atoms with Crippen LogP contribution in [0.3, 0.4) is 0 Å². The van der Waals surface area contributed by atoms with E-state index in [4.69, 9.17) is 23.9 Å². The van der Waals surface area contributed by atoms with Gasteiger partial charge < -0.3 is 44.8 Å². The third-order valence-electron chi connectivity index (χ3n) is 4.11. The van der Waals surface area contributed by atoms with Gasteiger partial charge in [-0.15, -0.1) is 0 Å². The summed E-state index contributed by atoms with van der Waals surface area (Å²) in [6.07, 6.45) is -18.6. The molecule has 2 aliphatic rings. The Bertz CT molecular complexity index is 638. The lowest BCUT2D eigenvalue weighted by Gasteiger charge is -2.45. The summed E-state index contributed by atoms with van der Waals surface area (Å²) in [5, 5.41) is 57.8. The smallest absolute Gasteiger partial charge is 0.397 e. The Kier molecular flexibility index (Phi) is 6.76. The van der Waals surface area contributed by atoms with Crippen molar-refractivity contribution in [1.82, 2.24) is 0 Å². The van der Waals surface area contributed by atoms with Crippen molar-refractivity contribution in [2.24, 2.45) is 0 Å². The summed E-state index contributed by atoms with van der Waals surface area (Å²) in [5.41, 5.74) is 0. The molecule has 2 saturated heterocycles. The van der Waals surface area contributed by atoms with E-state index in [0.29, 0.717) is 0 Å². The van der Waals surface area contributed by atoms with E-state index in [1.807, 2.05) is 0 Å². The van der Waals surface area contributed by atoms with Gasteiger partial charge in [0.15, 0.2) is 18.7 Å². The standard InChI is InChI=1S/C12H20O14S/c1-2-7(8(26-27(20,21)22)6(16)11(19)23-2)24-12-5(15)3(13)4(14)9(25-12)10(17)18/h2-9,11-16,19H,1H3,(H,17,18)(H,20,21,22)/t2-,3-,4-,5+,6+,7-,8-,9-,11?,12+/m0/s1. The van der Waals surface area contributed by atoms with Gasteiger partial charge in [-0.25, -0.2) is 8.98 Å². The van der Waals surface area contributed by atoms with Crippen LogP contribution in [-0.2, 0) is 33.6 Å². The quantitative estimate of drug-likeness (QED) is 0.208. The van der Waals surface area contributed by atoms with E-state index in [0.717, 1.165) is 0 Å². The lowest BCUT2D eigenvalue weighted by atomic mass is 9.97. The zero-order chi connectivity index (χ0) is 20.7. The number of aliphatic hydroxyl groups excluding tert-OH is 5. The second kappa shape index (κ2) is 8.18. The van der Waals surface area contributed by atoms with Gasteiger partial charge in [0.05, 0.1) is 6.10 Å². The minimum atomic E-state index is -5.13. The summed E-state index contributed by atoms with van der Waals surface area (Å²) < 4.78 is 50.2. The van der Waals surface area contributed by atoms with Crippen LogP contribution in [0.2, 0.25) is 0 Å². The molecule has 0 aromatic rings. The fourth-order valence-electron chi connectivity index (χ4n) is 2.76. The van der Waals surface area contributed by atoms with Crippen molar-refractivity contribution in [3.05, 3.63) is 0 Å². The van der Waals surface area contributed by atoms with Crippen molar-refractivity contribution in [2.45, 2.75) is 68.3 Å². The molecule has 0 aliphatic carbocycles. The third kappa shape index (κ3) is 4.90. The molecule has 2 aliphatic heterocycles. The van der Waals surface area contributed by atoms with Crippen LogP contribution in [0.5, 0.6) is 0 Å². The van der Waals surface area contributed by atoms with E-state index >= 15 is 0 Å². The fraction of sp³-hybridized carbons (Fsp3) is 0.917. The van der Waals surface area contributed by atoms with Gasteiger partial charge in [0.25, 0.3) is 0 Å². The Labute approximate surface area is 152 Å². The molecule has 27 heavy (non-hydrogen) atoms. The number of ether oxygens (including phenoxy) is 3. The van der Waals surface area contributed by atoms with E-state index in [-0.39, 0.29) is 0 Å². The molecule has 2 fully saturated rings. The molecule has 0 saturated carbocycles. The molecule has 0 radical (unpaired) electrons. The summed E-state index contributed by atoms with van der Waals surface area (Å²) in [5.74, 6) is -1.68. The number of aliphatic hydroxyl groups is 5. The van der Waals surface area contributed by atoms with E-state index < -0.39 is 77.8 Å². The predicted octanol–water partition coefficient (Wildman–Crippen LogP) is -4.45. The molecular formula is C12H20O14S. The van der Waals surface area contributed by atoms with Crippen LogP contribution in [0.4, 0.5) is 0 Å². The highest BCUT2D eigenvalue weighted by molar-refractivity contribution is 7.80. The molecule has 0 bridgehead atoms. The number of carboxylic acid groups (broad SMARTS) is 1. The highest BCUT2D eigenvalue weighted by atomic mass is 32.3. The van der Waals surface area contributed by atoms with Gasteiger partial charge in [-0.1, -0.05) is 0 Å². The maximum absolute atomic E-state index is 11.1. The number of aliphatic carboxylic acids is 1. The summed E-state index contributed by atoms with van der Waals surface area (Å²) in [6.45, 7) is 1.25. The van der Waals surface area contributed by atoms with Crippen LogP contribution in [0.15, 0.2) is 0 Å². The molecule has 0 spiro atoms. The number of hydrogen-bond acceptors (Lipinski definition) is 12. The molecule has 2 rings (SSSR count). The maximum atomic E-state index is 11.1. The molecule has 1 unspecified atom stereocenters. The molecule has 7 N–H and O–H groups in total. The highest BCUT2D eigenvalue weighted by Gasteiger charge is 2.52. The minimum absolute atomic E-state index is 1.21. The molecule has 15 heteroatoms. The first-order chi connectivity index (χ1) is 12.3. The van der Waals surface area contributed by atoms with E-state index in [2.05, 4.69) is 4.18 Å². The summed E-state index contributed by atoms with van der Waals surface area (Å²) >= 11 is 0. The minimum Gasteiger partial charge on any atom is -0.479 e. The molecule has 10 atom stereocenters. The largest absolute Gasteiger partial charge is 0.479 e. The molecule has 2 heterocycles. The van der Waals surface area contributed by atoms with Gasteiger partial charge in [0.1, 0.15) is 36.6 Å². The third-order valence-corrected chi connectivity index (χ3v) is 4.57. The Hall–Kier alpha value is -0.980. The highest BCUT2D eigenvalue weighted by Crippen LogP contribution is 2.30. The van der Waals surface area contributed by atoms with Crippen LogP contribution in [0.25, 0.3) is 0 Å². The van der Waals surface area contributed by atoms with Gasteiger partial charge in [-0.3, -0.25) is 4.55 Å². The van der Waals surface area contributed by atoms with Crippen molar-refractivity contribution in [1.29, 1.82) is 0 Å². The number of hydrogen-bond donors (Lipinski definition) is 7. The van der Waals surface area contributed by atoms with E-state index in [9.17, 15) is 38.7 Å². The molecule has 158 valence electrons. The van der Waals surface area contributed by atoms with Gasteiger partial charge >= 0.3 is 16.4 Å². The van der Waals surface area contributed by atoms with Crippen LogP contribution in [0, 0.1) is 0 Å². The second-order valence-corrected chi connectivity index (χ2v) is 7.09. The normalized spacial score (nSPS) is 46.2. The Morgan fingerprint density at radius 3 is 2.04 bits per heavy atom. The zero-order valence-corrected chi connectivity index (χ0v) is 14.5. The second-order valence-electron chi connectivity index (χ2n) is 6.05. The molecule has 0 amide bonds. The van der Waals surface area contributed by atoms with Crippen molar-refractivity contribution < 1.29 is 66.8 Å². The Morgan fingerprint density at radius 2 is 1.52 bits per heavy atom. The van der Waals surface area contributed by atoms with Crippen molar-refractivity contribution in [3.63, 3.8) is 0 Å². The van der Waals surface area contributed by atoms with Gasteiger partial charge in [0, 0.05) is 0 Å². The van der Waals surface area contributed by atoms with Gasteiger partial charge in [-0.2, -0.15) is 8.42 Å². The van der Waals surface area contributed by atoms with Crippen molar-refractivity contribution in [2.75, 3.05) is 0 Å². The average molecular weight is 420 g/mol. The van der Waals surface area contributed by atoms with Crippen LogP contribution in [0.1, 0.15) is 6.92 Å². The molecular weight excluding hydrogens is 400 g/mol. The lowest BCUT2D eigenvalue weighted by Crippen LogP contribution is -2.64. The van der Waals surface area contributed by atoms with E-state index in [1.54, 1.807) is 0 Å². The Morgan fingerprint density at radius 1 is 0.926 bits per heavy atom. The summed E-state index contributed by atoms with van der Waals surface area (Å²) in [4.78, 5) is 11.1. The van der Waals surface area contributed by atoms with Gasteiger partial charge in [-0.05, 0) is 6.92 Å². The van der Waals surface area contributed by atoms with Crippen LogP contribution < -0.4 is 0 Å². The topological polar surface area (TPSA) is 230 Å². The first kappa shape index (κ1) is 22.3. The first-order valence-corrected chi connectivity index (χ1v) is 8.95.